The van der Waals surface area contributed by atoms with Gasteiger partial charge >= 0.3 is 0 Å². The topological polar surface area (TPSA) is 48.7 Å². The molecule has 3 nitrogen and oxygen atoms in total. The van der Waals surface area contributed by atoms with Crippen LogP contribution in [0.15, 0.2) is 6.20 Å². The summed E-state index contributed by atoms with van der Waals surface area (Å²) in [7, 11) is 0. The molecular formula is C11H17N3S. The molecule has 1 aromatic heterocycles. The number of nitrogens with zero attached hydrogens (tertiary/aromatic N) is 2. The molecule has 0 bridgehead atoms. The van der Waals surface area contributed by atoms with E-state index in [0.29, 0.717) is 12.5 Å². The van der Waals surface area contributed by atoms with E-state index < -0.39 is 0 Å². The summed E-state index contributed by atoms with van der Waals surface area (Å²) >= 11 is 1.74. The zero-order chi connectivity index (χ0) is 11.1. The molecule has 0 saturated heterocycles. The molecule has 1 heterocycles. The van der Waals surface area contributed by atoms with Gasteiger partial charge in [-0.2, -0.15) is 5.26 Å². The minimum atomic E-state index is 0.325. The summed E-state index contributed by atoms with van der Waals surface area (Å²) in [5, 5.41) is 12.9. The van der Waals surface area contributed by atoms with Crippen LogP contribution in [0.1, 0.15) is 42.1 Å². The van der Waals surface area contributed by atoms with Gasteiger partial charge < -0.3 is 5.32 Å². The SMILES string of the molecule is Cc1cnc(C(C)NCCCCC#N)s1. The van der Waals surface area contributed by atoms with Crippen LogP contribution in [0.3, 0.4) is 0 Å². The molecule has 0 aliphatic rings. The molecular weight excluding hydrogens is 206 g/mol. The highest BCUT2D eigenvalue weighted by atomic mass is 32.1. The number of nitrogens with one attached hydrogen (secondary N) is 1. The van der Waals surface area contributed by atoms with Crippen molar-refractivity contribution in [2.45, 2.75) is 39.2 Å². The largest absolute Gasteiger partial charge is 0.308 e. The fourth-order valence-electron chi connectivity index (χ4n) is 1.31. The zero-order valence-corrected chi connectivity index (χ0v) is 10.1. The first kappa shape index (κ1) is 12.2. The maximum Gasteiger partial charge on any atom is 0.109 e. The van der Waals surface area contributed by atoms with Crippen LogP contribution >= 0.6 is 11.3 Å². The lowest BCUT2D eigenvalue weighted by atomic mass is 10.2. The minimum absolute atomic E-state index is 0.325. The number of hydrogen-bond acceptors (Lipinski definition) is 4. The lowest BCUT2D eigenvalue weighted by Gasteiger charge is -2.09. The van der Waals surface area contributed by atoms with Crippen molar-refractivity contribution in [2.24, 2.45) is 0 Å². The predicted octanol–water partition coefficient (Wildman–Crippen LogP) is 2.80. The highest BCUT2D eigenvalue weighted by Gasteiger charge is 2.07. The van der Waals surface area contributed by atoms with E-state index in [9.17, 15) is 0 Å². The molecule has 0 spiro atoms. The van der Waals surface area contributed by atoms with Crippen LogP contribution in [0.25, 0.3) is 0 Å². The Bertz CT molecular complexity index is 327. The minimum Gasteiger partial charge on any atom is -0.308 e. The Labute approximate surface area is 95.2 Å². The predicted molar refractivity (Wildman–Crippen MR) is 62.7 cm³/mol. The highest BCUT2D eigenvalue weighted by Crippen LogP contribution is 2.18. The Balaban J connectivity index is 2.19. The number of aryl methyl sites for hydroxylation is 1. The summed E-state index contributed by atoms with van der Waals surface area (Å²) < 4.78 is 0. The molecule has 0 radical (unpaired) electrons. The van der Waals surface area contributed by atoms with Gasteiger partial charge in [0.2, 0.25) is 0 Å². The van der Waals surface area contributed by atoms with Crippen molar-refractivity contribution in [3.8, 4) is 6.07 Å². The maximum absolute atomic E-state index is 8.38. The number of nitriles is 1. The fraction of sp³-hybridized carbons (Fsp3) is 0.636. The first-order valence-corrected chi connectivity index (χ1v) is 6.08. The van der Waals surface area contributed by atoms with Crippen LogP contribution in [-0.2, 0) is 0 Å². The molecule has 0 aliphatic carbocycles. The van der Waals surface area contributed by atoms with E-state index in [1.54, 1.807) is 11.3 Å². The van der Waals surface area contributed by atoms with Gasteiger partial charge in [-0.3, -0.25) is 0 Å². The Morgan fingerprint density at radius 2 is 2.40 bits per heavy atom. The van der Waals surface area contributed by atoms with Crippen molar-refractivity contribution in [1.82, 2.24) is 10.3 Å². The van der Waals surface area contributed by atoms with Crippen molar-refractivity contribution < 1.29 is 0 Å². The van der Waals surface area contributed by atoms with E-state index in [2.05, 4.69) is 30.2 Å². The Morgan fingerprint density at radius 1 is 1.60 bits per heavy atom. The summed E-state index contributed by atoms with van der Waals surface area (Å²) in [4.78, 5) is 5.59. The van der Waals surface area contributed by atoms with Gasteiger partial charge in [-0.05, 0) is 33.2 Å². The lowest BCUT2D eigenvalue weighted by Crippen LogP contribution is -2.19. The second kappa shape index (κ2) is 6.54. The monoisotopic (exact) mass is 223 g/mol. The first-order chi connectivity index (χ1) is 7.24. The van der Waals surface area contributed by atoms with Crippen molar-refractivity contribution in [3.63, 3.8) is 0 Å². The molecule has 4 heteroatoms. The summed E-state index contributed by atoms with van der Waals surface area (Å²) in [6, 6.07) is 2.48. The van der Waals surface area contributed by atoms with Gasteiger partial charge in [-0.15, -0.1) is 11.3 Å². The van der Waals surface area contributed by atoms with Crippen molar-refractivity contribution in [2.75, 3.05) is 6.54 Å². The van der Waals surface area contributed by atoms with Gasteiger partial charge in [0, 0.05) is 17.5 Å². The van der Waals surface area contributed by atoms with Gasteiger partial charge in [0.15, 0.2) is 0 Å². The highest BCUT2D eigenvalue weighted by molar-refractivity contribution is 7.11. The van der Waals surface area contributed by atoms with Gasteiger partial charge in [0.05, 0.1) is 12.1 Å². The van der Waals surface area contributed by atoms with Crippen LogP contribution in [0.5, 0.6) is 0 Å². The molecule has 1 unspecified atom stereocenters. The second-order valence-corrected chi connectivity index (χ2v) is 4.87. The molecule has 1 atom stereocenters. The van der Waals surface area contributed by atoms with Crippen molar-refractivity contribution in [1.29, 1.82) is 5.26 Å². The van der Waals surface area contributed by atoms with Crippen LogP contribution in [0.4, 0.5) is 0 Å². The normalized spacial score (nSPS) is 12.3. The zero-order valence-electron chi connectivity index (χ0n) is 9.29. The van der Waals surface area contributed by atoms with E-state index in [4.69, 9.17) is 5.26 Å². The van der Waals surface area contributed by atoms with Crippen LogP contribution < -0.4 is 5.32 Å². The Hall–Kier alpha value is -0.920. The molecule has 0 fully saturated rings. The summed E-state index contributed by atoms with van der Waals surface area (Å²) in [5.41, 5.74) is 0. The van der Waals surface area contributed by atoms with Gasteiger partial charge in [0.1, 0.15) is 5.01 Å². The van der Waals surface area contributed by atoms with Crippen molar-refractivity contribution in [3.05, 3.63) is 16.1 Å². The molecule has 0 amide bonds. The smallest absolute Gasteiger partial charge is 0.109 e. The molecule has 82 valence electrons. The van der Waals surface area contributed by atoms with E-state index in [-0.39, 0.29) is 0 Å². The lowest BCUT2D eigenvalue weighted by molar-refractivity contribution is 0.547. The van der Waals surface area contributed by atoms with Gasteiger partial charge in [-0.1, -0.05) is 0 Å². The van der Waals surface area contributed by atoms with E-state index in [0.717, 1.165) is 24.4 Å². The molecule has 1 aromatic rings. The van der Waals surface area contributed by atoms with Crippen molar-refractivity contribution >= 4 is 11.3 Å². The van der Waals surface area contributed by atoms with E-state index >= 15 is 0 Å². The number of aromatic nitrogens is 1. The number of unbranched alkanes of at least 4 members (excludes halogenated alkanes) is 2. The van der Waals surface area contributed by atoms with Crippen LogP contribution in [-0.4, -0.2) is 11.5 Å². The molecule has 0 aromatic carbocycles. The quantitative estimate of drug-likeness (QED) is 0.754. The second-order valence-electron chi connectivity index (χ2n) is 3.60. The van der Waals surface area contributed by atoms with Crippen LogP contribution in [0.2, 0.25) is 0 Å². The van der Waals surface area contributed by atoms with Gasteiger partial charge in [-0.25, -0.2) is 4.98 Å². The molecule has 15 heavy (non-hydrogen) atoms. The summed E-state index contributed by atoms with van der Waals surface area (Å²) in [6.45, 7) is 5.16. The number of hydrogen-bond donors (Lipinski definition) is 1. The molecule has 0 saturated carbocycles. The summed E-state index contributed by atoms with van der Waals surface area (Å²) in [6.07, 6.45) is 4.61. The van der Waals surface area contributed by atoms with E-state index in [1.807, 2.05) is 6.20 Å². The Kier molecular flexibility index (Phi) is 5.30. The third kappa shape index (κ3) is 4.41. The third-order valence-corrected chi connectivity index (χ3v) is 3.27. The van der Waals surface area contributed by atoms with Gasteiger partial charge in [0.25, 0.3) is 0 Å². The Morgan fingerprint density at radius 3 is 3.00 bits per heavy atom. The molecule has 1 N–H and O–H groups in total. The third-order valence-electron chi connectivity index (χ3n) is 2.18. The molecule has 1 rings (SSSR count). The summed E-state index contributed by atoms with van der Waals surface area (Å²) in [5.74, 6) is 0. The maximum atomic E-state index is 8.38. The number of rotatable bonds is 6. The molecule has 0 aliphatic heterocycles. The van der Waals surface area contributed by atoms with E-state index in [1.165, 1.54) is 4.88 Å². The number of thiazole rings is 1. The fourth-order valence-corrected chi connectivity index (χ4v) is 2.11. The first-order valence-electron chi connectivity index (χ1n) is 5.26. The standard InChI is InChI=1S/C11H17N3S/c1-9-8-14-11(15-9)10(2)13-7-5-3-4-6-12/h8,10,13H,3-5,7H2,1-2H3. The average molecular weight is 223 g/mol. The van der Waals surface area contributed by atoms with Crippen LogP contribution in [0, 0.1) is 18.3 Å². The average Bonchev–Trinajstić information content (AvgIpc) is 2.64.